The molecule has 2 N–H and O–H groups in total. The van der Waals surface area contributed by atoms with Crippen LogP contribution in [0.4, 0.5) is 5.69 Å². The summed E-state index contributed by atoms with van der Waals surface area (Å²) in [6, 6.07) is 7.28. The molecule has 28 heavy (non-hydrogen) atoms. The third kappa shape index (κ3) is 4.40. The molecule has 148 valence electrons. The number of aromatic carboxylic acids is 1. The lowest BCUT2D eigenvalue weighted by atomic mass is 10.1. The van der Waals surface area contributed by atoms with E-state index < -0.39 is 11.9 Å². The van der Waals surface area contributed by atoms with Crippen LogP contribution < -0.4 is 14.8 Å². The normalized spacial score (nSPS) is 10.2. The molecule has 0 spiro atoms. The number of benzene rings is 2. The zero-order valence-electron chi connectivity index (χ0n) is 16.3. The third-order valence-electron chi connectivity index (χ3n) is 3.99. The summed E-state index contributed by atoms with van der Waals surface area (Å²) >= 11 is 0. The van der Waals surface area contributed by atoms with E-state index in [9.17, 15) is 19.5 Å². The van der Waals surface area contributed by atoms with Crippen LogP contribution in [0, 0.1) is 6.92 Å². The number of hydrogen-bond donors (Lipinski definition) is 2. The average molecular weight is 386 g/mol. The summed E-state index contributed by atoms with van der Waals surface area (Å²) in [4.78, 5) is 37.9. The van der Waals surface area contributed by atoms with Crippen LogP contribution in [-0.2, 0) is 0 Å². The SMILES string of the molecule is COc1cc(NC(=O)c2cc(C)cc(C(=O)O)c2)c(C(=O)N(C)C)cc1OC. The van der Waals surface area contributed by atoms with Gasteiger partial charge in [0.1, 0.15) is 0 Å². The van der Waals surface area contributed by atoms with Gasteiger partial charge in [-0.05, 0) is 36.8 Å². The van der Waals surface area contributed by atoms with Gasteiger partial charge in [0.25, 0.3) is 11.8 Å². The number of ether oxygens (including phenoxy) is 2. The summed E-state index contributed by atoms with van der Waals surface area (Å²) in [5.74, 6) is -1.34. The van der Waals surface area contributed by atoms with E-state index in [0.29, 0.717) is 17.1 Å². The number of carboxylic acids is 1. The van der Waals surface area contributed by atoms with Gasteiger partial charge < -0.3 is 24.8 Å². The number of rotatable bonds is 6. The Morgan fingerprint density at radius 2 is 1.50 bits per heavy atom. The fraction of sp³-hybridized carbons (Fsp3) is 0.250. The van der Waals surface area contributed by atoms with E-state index in [4.69, 9.17) is 9.47 Å². The van der Waals surface area contributed by atoms with Crippen molar-refractivity contribution >= 4 is 23.5 Å². The molecule has 8 nitrogen and oxygen atoms in total. The van der Waals surface area contributed by atoms with E-state index in [1.807, 2.05) is 0 Å². The Hall–Kier alpha value is -3.55. The molecule has 0 aromatic heterocycles. The molecule has 2 aromatic rings. The van der Waals surface area contributed by atoms with Crippen LogP contribution in [0.2, 0.25) is 0 Å². The van der Waals surface area contributed by atoms with Crippen LogP contribution in [0.5, 0.6) is 11.5 Å². The van der Waals surface area contributed by atoms with E-state index in [-0.39, 0.29) is 28.3 Å². The zero-order chi connectivity index (χ0) is 21.0. The predicted molar refractivity (Wildman–Crippen MR) is 104 cm³/mol. The maximum Gasteiger partial charge on any atom is 0.335 e. The van der Waals surface area contributed by atoms with Crippen LogP contribution in [-0.4, -0.2) is 56.1 Å². The summed E-state index contributed by atoms with van der Waals surface area (Å²) in [5.41, 5.74) is 1.22. The van der Waals surface area contributed by atoms with Crippen molar-refractivity contribution in [1.82, 2.24) is 4.90 Å². The Labute approximate surface area is 162 Å². The minimum atomic E-state index is -1.13. The molecule has 0 saturated carbocycles. The van der Waals surface area contributed by atoms with E-state index in [1.165, 1.54) is 43.4 Å². The summed E-state index contributed by atoms with van der Waals surface area (Å²) in [5, 5.41) is 11.9. The molecule has 0 bridgehead atoms. The minimum absolute atomic E-state index is 0.00190. The van der Waals surface area contributed by atoms with Crippen molar-refractivity contribution in [1.29, 1.82) is 0 Å². The predicted octanol–water partition coefficient (Wildman–Crippen LogP) is 2.66. The fourth-order valence-electron chi connectivity index (χ4n) is 2.63. The van der Waals surface area contributed by atoms with Gasteiger partial charge in [-0.1, -0.05) is 0 Å². The first-order valence-electron chi connectivity index (χ1n) is 8.32. The Balaban J connectivity index is 2.51. The molecule has 0 atom stereocenters. The molecular formula is C20H22N2O6. The molecule has 0 aliphatic rings. The first-order valence-corrected chi connectivity index (χ1v) is 8.32. The van der Waals surface area contributed by atoms with Gasteiger partial charge in [-0.25, -0.2) is 4.79 Å². The van der Waals surface area contributed by atoms with Crippen LogP contribution in [0.3, 0.4) is 0 Å². The van der Waals surface area contributed by atoms with E-state index in [1.54, 1.807) is 27.1 Å². The van der Waals surface area contributed by atoms with Gasteiger partial charge in [0, 0.05) is 25.7 Å². The highest BCUT2D eigenvalue weighted by atomic mass is 16.5. The van der Waals surface area contributed by atoms with E-state index in [2.05, 4.69) is 5.32 Å². The molecule has 0 fully saturated rings. The monoisotopic (exact) mass is 386 g/mol. The van der Waals surface area contributed by atoms with Gasteiger partial charge >= 0.3 is 5.97 Å². The van der Waals surface area contributed by atoms with Crippen LogP contribution in [0.15, 0.2) is 30.3 Å². The van der Waals surface area contributed by atoms with Gasteiger partial charge in [0.15, 0.2) is 11.5 Å². The lowest BCUT2D eigenvalue weighted by molar-refractivity contribution is 0.0696. The van der Waals surface area contributed by atoms with E-state index >= 15 is 0 Å². The van der Waals surface area contributed by atoms with Crippen molar-refractivity contribution in [3.05, 3.63) is 52.6 Å². The van der Waals surface area contributed by atoms with Gasteiger partial charge in [0.2, 0.25) is 0 Å². The highest BCUT2D eigenvalue weighted by Crippen LogP contribution is 2.34. The molecule has 2 aromatic carbocycles. The van der Waals surface area contributed by atoms with Gasteiger partial charge in [-0.15, -0.1) is 0 Å². The Kier molecular flexibility index (Phi) is 6.25. The molecule has 0 unspecified atom stereocenters. The standard InChI is InChI=1S/C20H22N2O6/c1-11-6-12(8-13(7-11)20(25)26)18(23)21-15-10-17(28-5)16(27-4)9-14(15)19(24)22(2)3/h6-10H,1-5H3,(H,21,23)(H,25,26). The number of nitrogens with zero attached hydrogens (tertiary/aromatic N) is 1. The number of hydrogen-bond acceptors (Lipinski definition) is 5. The molecule has 0 aliphatic heterocycles. The lowest BCUT2D eigenvalue weighted by Crippen LogP contribution is -2.24. The van der Waals surface area contributed by atoms with Crippen LogP contribution >= 0.6 is 0 Å². The van der Waals surface area contributed by atoms with Gasteiger partial charge in [-0.3, -0.25) is 9.59 Å². The van der Waals surface area contributed by atoms with Crippen molar-refractivity contribution in [2.45, 2.75) is 6.92 Å². The van der Waals surface area contributed by atoms with Gasteiger partial charge in [0.05, 0.1) is 31.0 Å². The smallest absolute Gasteiger partial charge is 0.335 e. The largest absolute Gasteiger partial charge is 0.493 e. The molecule has 0 radical (unpaired) electrons. The fourth-order valence-corrected chi connectivity index (χ4v) is 2.63. The van der Waals surface area contributed by atoms with Gasteiger partial charge in [-0.2, -0.15) is 0 Å². The third-order valence-corrected chi connectivity index (χ3v) is 3.99. The molecule has 0 heterocycles. The average Bonchev–Trinajstić information content (AvgIpc) is 2.66. The summed E-state index contributed by atoms with van der Waals surface area (Å²) < 4.78 is 10.5. The number of carbonyl (C=O) groups excluding carboxylic acids is 2. The Morgan fingerprint density at radius 3 is 2.04 bits per heavy atom. The van der Waals surface area contributed by atoms with E-state index in [0.717, 1.165) is 0 Å². The number of methoxy groups -OCH3 is 2. The van der Waals surface area contributed by atoms with Crippen molar-refractivity contribution < 1.29 is 29.0 Å². The molecule has 2 amide bonds. The summed E-state index contributed by atoms with van der Waals surface area (Å²) in [7, 11) is 6.06. The highest BCUT2D eigenvalue weighted by molar-refractivity contribution is 6.10. The second kappa shape index (κ2) is 8.43. The number of carboxylic acid groups (broad SMARTS) is 1. The van der Waals surface area contributed by atoms with Crippen LogP contribution in [0.25, 0.3) is 0 Å². The first-order chi connectivity index (χ1) is 13.2. The number of aryl methyl sites for hydroxylation is 1. The quantitative estimate of drug-likeness (QED) is 0.791. The highest BCUT2D eigenvalue weighted by Gasteiger charge is 2.21. The Morgan fingerprint density at radius 1 is 0.929 bits per heavy atom. The number of nitrogens with one attached hydrogen (secondary N) is 1. The topological polar surface area (TPSA) is 105 Å². The molecule has 2 rings (SSSR count). The molecule has 0 aliphatic carbocycles. The number of carbonyl (C=O) groups is 3. The number of anilines is 1. The molecule has 0 saturated heterocycles. The second-order valence-corrected chi connectivity index (χ2v) is 6.30. The molecular weight excluding hydrogens is 364 g/mol. The Bertz CT molecular complexity index is 937. The molecule has 8 heteroatoms. The summed E-state index contributed by atoms with van der Waals surface area (Å²) in [6.45, 7) is 1.70. The first kappa shape index (κ1) is 20.8. The van der Waals surface area contributed by atoms with Crippen molar-refractivity contribution in [2.75, 3.05) is 33.6 Å². The van der Waals surface area contributed by atoms with Crippen LogP contribution in [0.1, 0.15) is 36.6 Å². The van der Waals surface area contributed by atoms with Crippen molar-refractivity contribution in [3.63, 3.8) is 0 Å². The summed E-state index contributed by atoms with van der Waals surface area (Å²) in [6.07, 6.45) is 0. The minimum Gasteiger partial charge on any atom is -0.493 e. The maximum atomic E-state index is 12.7. The maximum absolute atomic E-state index is 12.7. The number of amides is 2. The van der Waals surface area contributed by atoms with Crippen molar-refractivity contribution in [3.8, 4) is 11.5 Å². The van der Waals surface area contributed by atoms with Crippen molar-refractivity contribution in [2.24, 2.45) is 0 Å². The zero-order valence-corrected chi connectivity index (χ0v) is 16.3. The second-order valence-electron chi connectivity index (χ2n) is 6.30. The lowest BCUT2D eigenvalue weighted by Gasteiger charge is -2.18.